The molecule has 0 radical (unpaired) electrons. The summed E-state index contributed by atoms with van der Waals surface area (Å²) in [5, 5.41) is 11.3. The van der Waals surface area contributed by atoms with Crippen LogP contribution in [0.2, 0.25) is 0 Å². The van der Waals surface area contributed by atoms with Crippen molar-refractivity contribution in [3.05, 3.63) is 35.7 Å². The molecule has 0 aliphatic rings. The van der Waals surface area contributed by atoms with Gasteiger partial charge >= 0.3 is 5.06 Å². The second kappa shape index (κ2) is 3.21. The molecule has 1 aromatic heterocycles. The van der Waals surface area contributed by atoms with Gasteiger partial charge in [-0.1, -0.05) is 18.2 Å². The van der Waals surface area contributed by atoms with Gasteiger partial charge in [0.15, 0.2) is 5.38 Å². The smallest absolute Gasteiger partial charge is 0.311 e. The van der Waals surface area contributed by atoms with Crippen LogP contribution < -0.4 is 0 Å². The zero-order valence-electron chi connectivity index (χ0n) is 6.23. The van der Waals surface area contributed by atoms with Gasteiger partial charge < -0.3 is 5.11 Å². The number of hydrogen-bond donors (Lipinski definition) is 1. The molecule has 60 valence electrons. The monoisotopic (exact) mass is 195 g/mol. The third-order valence-electron chi connectivity index (χ3n) is 1.47. The van der Waals surface area contributed by atoms with Gasteiger partial charge in [-0.2, -0.15) is 0 Å². The fourth-order valence-electron chi connectivity index (χ4n) is 0.948. The molecule has 0 aliphatic carbocycles. The highest BCUT2D eigenvalue weighted by atomic mass is 32.2. The molecule has 3 heteroatoms. The van der Waals surface area contributed by atoms with Gasteiger partial charge in [-0.15, -0.1) is 0 Å². The van der Waals surface area contributed by atoms with Crippen molar-refractivity contribution >= 4 is 22.7 Å². The van der Waals surface area contributed by atoms with E-state index in [2.05, 4.69) is 0 Å². The van der Waals surface area contributed by atoms with Crippen LogP contribution in [0.4, 0.5) is 0 Å². The molecular weight excluding hydrogens is 188 g/mol. The maximum absolute atomic E-state index is 9.14. The van der Waals surface area contributed by atoms with Crippen molar-refractivity contribution in [2.24, 2.45) is 0 Å². The molecule has 0 unspecified atom stereocenters. The van der Waals surface area contributed by atoms with Crippen LogP contribution in [0.3, 0.4) is 0 Å². The van der Waals surface area contributed by atoms with Crippen LogP contribution in [0, 0.1) is 0 Å². The Labute approximate surface area is 78.6 Å². The predicted molar refractivity (Wildman–Crippen MR) is 53.7 cm³/mol. The van der Waals surface area contributed by atoms with E-state index in [4.69, 9.17) is 5.11 Å². The molecule has 0 spiro atoms. The Kier molecular flexibility index (Phi) is 2.06. The van der Waals surface area contributed by atoms with Crippen LogP contribution >= 0.6 is 22.7 Å². The Hall–Kier alpha value is -0.930. The first kappa shape index (κ1) is 7.71. The van der Waals surface area contributed by atoms with E-state index in [0.717, 1.165) is 4.19 Å². The third-order valence-corrected chi connectivity index (χ3v) is 3.70. The van der Waals surface area contributed by atoms with E-state index < -0.39 is 0 Å². The van der Waals surface area contributed by atoms with Crippen LogP contribution in [0.5, 0.6) is 5.06 Å². The lowest BCUT2D eigenvalue weighted by Crippen LogP contribution is -1.65. The Morgan fingerprint density at radius 2 is 1.92 bits per heavy atom. The highest BCUT2D eigenvalue weighted by molar-refractivity contribution is 7.36. The summed E-state index contributed by atoms with van der Waals surface area (Å²) in [4.78, 5) is 0. The summed E-state index contributed by atoms with van der Waals surface area (Å²) < 4.78 is 1.15. The summed E-state index contributed by atoms with van der Waals surface area (Å²) in [6.45, 7) is 0. The Morgan fingerprint density at radius 1 is 1.17 bits per heavy atom. The second-order valence-corrected chi connectivity index (χ2v) is 4.50. The molecule has 0 bridgehead atoms. The highest BCUT2D eigenvalue weighted by Crippen LogP contribution is 2.36. The van der Waals surface area contributed by atoms with Crippen LogP contribution in [-0.2, 0) is 0 Å². The lowest BCUT2D eigenvalue weighted by atomic mass is 10.2. The summed E-state index contributed by atoms with van der Waals surface area (Å²) >= 11 is 2.99. The first-order valence-electron chi connectivity index (χ1n) is 3.52. The van der Waals surface area contributed by atoms with E-state index in [0.29, 0.717) is 5.06 Å². The largest absolute Gasteiger partial charge is 0.481 e. The fourth-order valence-corrected chi connectivity index (χ4v) is 2.80. The molecule has 12 heavy (non-hydrogen) atoms. The highest BCUT2D eigenvalue weighted by Gasteiger charge is 2.14. The zero-order chi connectivity index (χ0) is 8.39. The van der Waals surface area contributed by atoms with E-state index in [1.165, 1.54) is 16.9 Å². The SMILES string of the molecule is Oc1c[s+]c(-c2ccccc2)s1. The zero-order valence-corrected chi connectivity index (χ0v) is 7.86. The summed E-state index contributed by atoms with van der Waals surface area (Å²) in [5.74, 6) is 0. The van der Waals surface area contributed by atoms with E-state index in [1.807, 2.05) is 30.3 Å². The average Bonchev–Trinajstić information content (AvgIpc) is 2.54. The minimum Gasteiger partial charge on any atom is -0.481 e. The number of benzene rings is 1. The van der Waals surface area contributed by atoms with E-state index >= 15 is 0 Å². The number of rotatable bonds is 1. The molecule has 0 fully saturated rings. The molecule has 0 atom stereocenters. The van der Waals surface area contributed by atoms with Crippen LogP contribution in [0.25, 0.3) is 9.75 Å². The maximum atomic E-state index is 9.14. The second-order valence-electron chi connectivity index (χ2n) is 2.33. The third kappa shape index (κ3) is 1.47. The molecule has 1 heterocycles. The molecule has 1 N–H and O–H groups in total. The molecule has 1 aromatic carbocycles. The van der Waals surface area contributed by atoms with Crippen molar-refractivity contribution in [3.63, 3.8) is 0 Å². The summed E-state index contributed by atoms with van der Waals surface area (Å²) in [6, 6.07) is 10.1. The maximum Gasteiger partial charge on any atom is 0.311 e. The van der Waals surface area contributed by atoms with Crippen molar-refractivity contribution in [1.82, 2.24) is 0 Å². The van der Waals surface area contributed by atoms with Crippen LogP contribution in [0.15, 0.2) is 35.7 Å². The van der Waals surface area contributed by atoms with Gasteiger partial charge in [0.2, 0.25) is 0 Å². The summed E-state index contributed by atoms with van der Waals surface area (Å²) in [6.07, 6.45) is 0. The van der Waals surface area contributed by atoms with Gasteiger partial charge in [-0.05, 0) is 12.1 Å². The van der Waals surface area contributed by atoms with Gasteiger partial charge in [0.1, 0.15) is 11.3 Å². The normalized spacial score (nSPS) is 10.0. The van der Waals surface area contributed by atoms with Crippen LogP contribution in [0.1, 0.15) is 0 Å². The van der Waals surface area contributed by atoms with Gasteiger partial charge in [0.05, 0.1) is 11.3 Å². The lowest BCUT2D eigenvalue weighted by Gasteiger charge is -1.85. The van der Waals surface area contributed by atoms with Crippen molar-refractivity contribution in [3.8, 4) is 14.8 Å². The number of hydrogen-bond acceptors (Lipinski definition) is 2. The van der Waals surface area contributed by atoms with Gasteiger partial charge in [0.25, 0.3) is 4.19 Å². The van der Waals surface area contributed by atoms with Crippen LogP contribution in [-0.4, -0.2) is 5.11 Å². The van der Waals surface area contributed by atoms with Crippen molar-refractivity contribution < 1.29 is 5.11 Å². The predicted octanol–water partition coefficient (Wildman–Crippen LogP) is 3.46. The molecule has 0 aliphatic heterocycles. The number of aromatic hydroxyl groups is 1. The standard InChI is InChI=1S/C9H6OS2/c10-8-6-11-9(12-8)7-4-2-1-3-5-7/h1-6H/p+1. The average molecular weight is 195 g/mol. The Morgan fingerprint density at radius 3 is 2.50 bits per heavy atom. The first-order valence-corrected chi connectivity index (χ1v) is 5.22. The van der Waals surface area contributed by atoms with Crippen molar-refractivity contribution in [1.29, 1.82) is 0 Å². The summed E-state index contributed by atoms with van der Waals surface area (Å²) in [7, 11) is 0. The summed E-state index contributed by atoms with van der Waals surface area (Å²) in [5.41, 5.74) is 1.17. The Bertz CT molecular complexity index is 367. The van der Waals surface area contributed by atoms with Crippen molar-refractivity contribution in [2.75, 3.05) is 0 Å². The molecule has 2 rings (SSSR count). The van der Waals surface area contributed by atoms with E-state index in [1.54, 1.807) is 16.7 Å². The van der Waals surface area contributed by atoms with Gasteiger partial charge in [-0.3, -0.25) is 0 Å². The molecule has 0 saturated carbocycles. The topological polar surface area (TPSA) is 20.2 Å². The first-order chi connectivity index (χ1) is 5.86. The minimum absolute atomic E-state index is 0.388. The lowest BCUT2D eigenvalue weighted by molar-refractivity contribution is 0.492. The molecule has 2 aromatic rings. The van der Waals surface area contributed by atoms with E-state index in [-0.39, 0.29) is 0 Å². The van der Waals surface area contributed by atoms with Crippen molar-refractivity contribution in [2.45, 2.75) is 0 Å². The molecule has 0 saturated heterocycles. The van der Waals surface area contributed by atoms with Gasteiger partial charge in [0, 0.05) is 5.56 Å². The molecule has 1 nitrogen and oxygen atoms in total. The molecular formula is C9H7OS2+. The minimum atomic E-state index is 0.388. The fraction of sp³-hybridized carbons (Fsp3) is 0. The van der Waals surface area contributed by atoms with E-state index in [9.17, 15) is 0 Å². The Balaban J connectivity index is 2.45. The quantitative estimate of drug-likeness (QED) is 0.691. The van der Waals surface area contributed by atoms with Gasteiger partial charge in [-0.25, -0.2) is 0 Å². The molecule has 0 amide bonds.